The van der Waals surface area contributed by atoms with Crippen molar-refractivity contribution >= 4 is 26.7 Å². The number of hydrogen-bond donors (Lipinski definition) is 2. The molecule has 1 aromatic heterocycles. The Morgan fingerprint density at radius 1 is 1.11 bits per heavy atom. The molecule has 4 nitrogen and oxygen atoms in total. The summed E-state index contributed by atoms with van der Waals surface area (Å²) in [6.07, 6.45) is 13.0. The number of rotatable bonds is 13. The summed E-state index contributed by atoms with van der Waals surface area (Å²) in [5.41, 5.74) is 4.23. The zero-order valence-electron chi connectivity index (χ0n) is 17.6. The standard InChI is InChI=1S/C23H34N2O2Se/c1-18(2)9-7-10-19(3)11-8-12-20(4)14-16-28-17-21(23(26)27)25-22-13-5-6-15-24-22/h5-6,9,11,13-15,21H,7-8,10,12,16-17H2,1-4H3,(H,24,25)(H,26,27). The maximum absolute atomic E-state index is 11.4. The summed E-state index contributed by atoms with van der Waals surface area (Å²) in [5.74, 6) is -0.203. The van der Waals surface area contributed by atoms with Gasteiger partial charge in [-0.05, 0) is 0 Å². The summed E-state index contributed by atoms with van der Waals surface area (Å²) < 4.78 is 0. The van der Waals surface area contributed by atoms with Gasteiger partial charge in [0.2, 0.25) is 0 Å². The van der Waals surface area contributed by atoms with E-state index in [-0.39, 0.29) is 15.0 Å². The average molecular weight is 449 g/mol. The van der Waals surface area contributed by atoms with Crippen LogP contribution in [0.25, 0.3) is 0 Å². The molecule has 0 aliphatic carbocycles. The molecule has 1 unspecified atom stereocenters. The Hall–Kier alpha value is -1.84. The molecule has 2 N–H and O–H groups in total. The summed E-state index contributed by atoms with van der Waals surface area (Å²) in [5, 5.41) is 14.0. The topological polar surface area (TPSA) is 62.2 Å². The summed E-state index contributed by atoms with van der Waals surface area (Å²) in [6, 6.07) is 4.89. The van der Waals surface area contributed by atoms with Crippen molar-refractivity contribution in [1.82, 2.24) is 4.98 Å². The molecule has 0 radical (unpaired) electrons. The fourth-order valence-electron chi connectivity index (χ4n) is 2.53. The third-order valence-electron chi connectivity index (χ3n) is 4.24. The normalized spacial score (nSPS) is 13.1. The van der Waals surface area contributed by atoms with Crippen molar-refractivity contribution < 1.29 is 9.90 Å². The summed E-state index contributed by atoms with van der Waals surface area (Å²) in [6.45, 7) is 8.66. The van der Waals surface area contributed by atoms with E-state index in [0.29, 0.717) is 11.1 Å². The first-order chi connectivity index (χ1) is 13.4. The molecule has 28 heavy (non-hydrogen) atoms. The van der Waals surface area contributed by atoms with Crippen LogP contribution in [0.5, 0.6) is 0 Å². The molecule has 1 heterocycles. The van der Waals surface area contributed by atoms with Crippen molar-refractivity contribution in [2.24, 2.45) is 0 Å². The molecule has 0 saturated carbocycles. The number of nitrogens with zero attached hydrogens (tertiary/aromatic N) is 1. The Morgan fingerprint density at radius 3 is 2.39 bits per heavy atom. The van der Waals surface area contributed by atoms with E-state index in [0.717, 1.165) is 31.0 Å². The van der Waals surface area contributed by atoms with Crippen LogP contribution in [-0.2, 0) is 4.79 Å². The molecular formula is C23H34N2O2Se. The van der Waals surface area contributed by atoms with Gasteiger partial charge in [0, 0.05) is 0 Å². The van der Waals surface area contributed by atoms with Gasteiger partial charge in [0.1, 0.15) is 0 Å². The molecule has 1 atom stereocenters. The van der Waals surface area contributed by atoms with Gasteiger partial charge in [-0.2, -0.15) is 0 Å². The van der Waals surface area contributed by atoms with Gasteiger partial charge in [-0.25, -0.2) is 0 Å². The van der Waals surface area contributed by atoms with Crippen molar-refractivity contribution in [2.45, 2.75) is 70.1 Å². The molecule has 0 aromatic carbocycles. The number of aromatic nitrogens is 1. The first-order valence-corrected chi connectivity index (χ1v) is 12.2. The van der Waals surface area contributed by atoms with Gasteiger partial charge in [0.25, 0.3) is 0 Å². The number of carboxylic acid groups (broad SMARTS) is 1. The van der Waals surface area contributed by atoms with Crippen LogP contribution in [0.2, 0.25) is 10.6 Å². The Kier molecular flexibility index (Phi) is 12.3. The Bertz CT molecular complexity index is 677. The SMILES string of the molecule is CC(C)=CCCC(C)=CCCC(C)=CC[Se]CC(Nc1ccccn1)C(=O)O. The van der Waals surface area contributed by atoms with Gasteiger partial charge in [0.15, 0.2) is 0 Å². The molecule has 5 heteroatoms. The fraction of sp³-hybridized carbons (Fsp3) is 0.478. The zero-order chi connectivity index (χ0) is 20.8. The van der Waals surface area contributed by atoms with Crippen molar-refractivity contribution in [1.29, 1.82) is 0 Å². The first-order valence-electron chi connectivity index (χ1n) is 9.81. The number of aliphatic carboxylic acids is 1. The Morgan fingerprint density at radius 2 is 1.79 bits per heavy atom. The molecule has 0 aliphatic rings. The van der Waals surface area contributed by atoms with Crippen LogP contribution in [0, 0.1) is 0 Å². The van der Waals surface area contributed by atoms with Crippen LogP contribution < -0.4 is 5.32 Å². The third kappa shape index (κ3) is 11.8. The molecule has 1 rings (SSSR count). The molecule has 154 valence electrons. The van der Waals surface area contributed by atoms with E-state index >= 15 is 0 Å². The van der Waals surface area contributed by atoms with Crippen LogP contribution in [-0.4, -0.2) is 37.1 Å². The Balaban J connectivity index is 2.30. The number of nitrogens with one attached hydrogen (secondary N) is 1. The first kappa shape index (κ1) is 24.2. The minimum absolute atomic E-state index is 0.252. The van der Waals surface area contributed by atoms with Crippen LogP contribution in [0.4, 0.5) is 5.82 Å². The number of pyridine rings is 1. The van der Waals surface area contributed by atoms with Gasteiger partial charge < -0.3 is 0 Å². The van der Waals surface area contributed by atoms with E-state index in [1.807, 2.05) is 12.1 Å². The molecule has 1 aromatic rings. The van der Waals surface area contributed by atoms with Gasteiger partial charge in [0.05, 0.1) is 0 Å². The summed E-state index contributed by atoms with van der Waals surface area (Å²) >= 11 is 0.252. The average Bonchev–Trinajstić information content (AvgIpc) is 2.64. The second-order valence-corrected chi connectivity index (χ2v) is 9.50. The molecular weight excluding hydrogens is 415 g/mol. The monoisotopic (exact) mass is 450 g/mol. The summed E-state index contributed by atoms with van der Waals surface area (Å²) in [4.78, 5) is 15.6. The third-order valence-corrected chi connectivity index (χ3v) is 6.28. The second kappa shape index (κ2) is 14.2. The number of allylic oxidation sites excluding steroid dienone is 6. The fourth-order valence-corrected chi connectivity index (χ4v) is 4.63. The van der Waals surface area contributed by atoms with Crippen LogP contribution >= 0.6 is 0 Å². The van der Waals surface area contributed by atoms with E-state index in [1.54, 1.807) is 12.3 Å². The predicted molar refractivity (Wildman–Crippen MR) is 120 cm³/mol. The molecule has 0 saturated heterocycles. The zero-order valence-corrected chi connectivity index (χ0v) is 19.3. The summed E-state index contributed by atoms with van der Waals surface area (Å²) in [7, 11) is 0. The van der Waals surface area contributed by atoms with Crippen molar-refractivity contribution in [3.63, 3.8) is 0 Å². The number of carboxylic acids is 1. The maximum atomic E-state index is 11.4. The van der Waals surface area contributed by atoms with Crippen molar-refractivity contribution in [2.75, 3.05) is 5.32 Å². The van der Waals surface area contributed by atoms with Crippen LogP contribution in [0.15, 0.2) is 59.3 Å². The van der Waals surface area contributed by atoms with Crippen LogP contribution in [0.3, 0.4) is 0 Å². The van der Waals surface area contributed by atoms with Gasteiger partial charge in [-0.15, -0.1) is 0 Å². The molecule has 0 fully saturated rings. The number of anilines is 1. The minimum atomic E-state index is -0.818. The van der Waals surface area contributed by atoms with Crippen LogP contribution in [0.1, 0.15) is 53.4 Å². The quantitative estimate of drug-likeness (QED) is 0.223. The van der Waals surface area contributed by atoms with E-state index in [9.17, 15) is 9.90 Å². The molecule has 0 bridgehead atoms. The van der Waals surface area contributed by atoms with Crippen molar-refractivity contribution in [3.05, 3.63) is 59.3 Å². The van der Waals surface area contributed by atoms with Gasteiger partial charge in [-0.1, -0.05) is 0 Å². The van der Waals surface area contributed by atoms with Crippen molar-refractivity contribution in [3.8, 4) is 0 Å². The second-order valence-electron chi connectivity index (χ2n) is 7.25. The van der Waals surface area contributed by atoms with Gasteiger partial charge in [-0.3, -0.25) is 0 Å². The molecule has 0 aliphatic heterocycles. The number of carbonyl (C=O) groups is 1. The molecule has 0 spiro atoms. The number of hydrogen-bond acceptors (Lipinski definition) is 3. The van der Waals surface area contributed by atoms with E-state index in [1.165, 1.54) is 16.7 Å². The predicted octanol–water partition coefficient (Wildman–Crippen LogP) is 5.91. The van der Waals surface area contributed by atoms with E-state index in [4.69, 9.17) is 0 Å². The van der Waals surface area contributed by atoms with E-state index in [2.05, 4.69) is 56.2 Å². The van der Waals surface area contributed by atoms with E-state index < -0.39 is 12.0 Å². The Labute approximate surface area is 176 Å². The molecule has 0 amide bonds. The van der Waals surface area contributed by atoms with Gasteiger partial charge >= 0.3 is 176 Å².